The first-order chi connectivity index (χ1) is 12.0. The summed E-state index contributed by atoms with van der Waals surface area (Å²) in [6.45, 7) is 2.92. The van der Waals surface area contributed by atoms with Gasteiger partial charge in [0.25, 0.3) is 0 Å². The molecule has 0 spiro atoms. The molecule has 1 unspecified atom stereocenters. The first kappa shape index (κ1) is 19.4. The second-order valence-electron chi connectivity index (χ2n) is 6.73. The minimum Gasteiger partial charge on any atom is -0.333 e. The van der Waals surface area contributed by atoms with E-state index in [0.29, 0.717) is 17.7 Å². The Bertz CT molecular complexity index is 863. The maximum atomic E-state index is 14.1. The van der Waals surface area contributed by atoms with Gasteiger partial charge < -0.3 is 9.55 Å². The van der Waals surface area contributed by atoms with Crippen LogP contribution in [0.2, 0.25) is 0 Å². The van der Waals surface area contributed by atoms with E-state index < -0.39 is 34.8 Å². The van der Waals surface area contributed by atoms with Crippen LogP contribution >= 0.6 is 24.6 Å². The lowest BCUT2D eigenvalue weighted by atomic mass is 9.95. The fourth-order valence-corrected chi connectivity index (χ4v) is 4.25. The normalized spacial score (nSPS) is 19.6. The third-order valence-corrected chi connectivity index (χ3v) is 5.48. The standard InChI is InChI=1S/C17H17F4N3S.ClH/c18-10-6-11(19)16(21)14(15(10)20)9-5-13-12(8-23-3-1-2-4-23)22-17(25)24(13)7-9;/h6,9H,1-5,7-8H2,(H,22,25);1H. The highest BCUT2D eigenvalue weighted by Crippen LogP contribution is 2.36. The minimum absolute atomic E-state index is 0. The van der Waals surface area contributed by atoms with Gasteiger partial charge in [0.1, 0.15) is 0 Å². The first-order valence-corrected chi connectivity index (χ1v) is 8.72. The highest BCUT2D eigenvalue weighted by atomic mass is 35.5. The number of hydrogen-bond acceptors (Lipinski definition) is 2. The average Bonchev–Trinajstić information content (AvgIpc) is 3.27. The van der Waals surface area contributed by atoms with Gasteiger partial charge >= 0.3 is 0 Å². The summed E-state index contributed by atoms with van der Waals surface area (Å²) < 4.78 is 57.6. The van der Waals surface area contributed by atoms with Crippen molar-refractivity contribution in [3.05, 3.63) is 51.1 Å². The number of likely N-dealkylation sites (tertiary alicyclic amines) is 1. The van der Waals surface area contributed by atoms with Crippen molar-refractivity contribution in [3.8, 4) is 0 Å². The van der Waals surface area contributed by atoms with Crippen molar-refractivity contribution in [2.75, 3.05) is 13.1 Å². The number of H-pyrrole nitrogens is 1. The van der Waals surface area contributed by atoms with Crippen LogP contribution in [0.1, 0.15) is 35.7 Å². The molecule has 142 valence electrons. The quantitative estimate of drug-likeness (QED) is 0.461. The molecule has 1 aromatic carbocycles. The molecule has 0 saturated carbocycles. The number of fused-ring (bicyclic) bond motifs is 1. The van der Waals surface area contributed by atoms with Gasteiger partial charge in [0.2, 0.25) is 0 Å². The van der Waals surface area contributed by atoms with Crippen LogP contribution in [0.4, 0.5) is 17.6 Å². The molecule has 1 fully saturated rings. The predicted octanol–water partition coefficient (Wildman–Crippen LogP) is 4.46. The number of halogens is 5. The molecule has 4 rings (SSSR count). The summed E-state index contributed by atoms with van der Waals surface area (Å²) in [4.78, 5) is 5.46. The van der Waals surface area contributed by atoms with E-state index in [0.717, 1.165) is 37.3 Å². The molecule has 9 heteroatoms. The van der Waals surface area contributed by atoms with Gasteiger partial charge in [-0.15, -0.1) is 12.4 Å². The highest BCUT2D eigenvalue weighted by molar-refractivity contribution is 7.71. The SMILES string of the molecule is Cl.Fc1cc(F)c(F)c(C2Cc3c(CN4CCCC4)[nH]c(=S)n3C2)c1F. The number of aromatic nitrogens is 2. The van der Waals surface area contributed by atoms with Crippen LogP contribution in [0.25, 0.3) is 0 Å². The zero-order chi connectivity index (χ0) is 17.7. The Kier molecular flexibility index (Phi) is 5.46. The molecule has 0 bridgehead atoms. The Morgan fingerprint density at radius 3 is 2.31 bits per heavy atom. The summed E-state index contributed by atoms with van der Waals surface area (Å²) in [6, 6.07) is 0.245. The molecule has 1 aromatic heterocycles. The van der Waals surface area contributed by atoms with Crippen molar-refractivity contribution in [2.24, 2.45) is 0 Å². The number of imidazole rings is 1. The van der Waals surface area contributed by atoms with Crippen molar-refractivity contribution in [3.63, 3.8) is 0 Å². The van der Waals surface area contributed by atoms with E-state index in [1.54, 1.807) is 4.57 Å². The van der Waals surface area contributed by atoms with Gasteiger partial charge in [-0.2, -0.15) is 0 Å². The van der Waals surface area contributed by atoms with Crippen LogP contribution in [-0.4, -0.2) is 27.5 Å². The maximum Gasteiger partial charge on any atom is 0.177 e. The van der Waals surface area contributed by atoms with E-state index in [1.165, 1.54) is 0 Å². The fourth-order valence-electron chi connectivity index (χ4n) is 3.94. The summed E-state index contributed by atoms with van der Waals surface area (Å²) >= 11 is 5.31. The number of benzene rings is 1. The lowest BCUT2D eigenvalue weighted by molar-refractivity contribution is 0.326. The van der Waals surface area contributed by atoms with Gasteiger partial charge in [-0.3, -0.25) is 4.90 Å². The van der Waals surface area contributed by atoms with Crippen LogP contribution in [0.15, 0.2) is 6.07 Å². The van der Waals surface area contributed by atoms with Gasteiger partial charge in [0.15, 0.2) is 28.0 Å². The Morgan fingerprint density at radius 1 is 1.08 bits per heavy atom. The third-order valence-electron chi connectivity index (χ3n) is 5.15. The van der Waals surface area contributed by atoms with Gasteiger partial charge in [0.05, 0.1) is 5.69 Å². The molecule has 0 radical (unpaired) electrons. The molecule has 3 heterocycles. The van der Waals surface area contributed by atoms with Crippen molar-refractivity contribution in [1.29, 1.82) is 0 Å². The molecule has 0 aliphatic carbocycles. The van der Waals surface area contributed by atoms with Gasteiger partial charge in [-0.05, 0) is 44.6 Å². The van der Waals surface area contributed by atoms with Crippen molar-refractivity contribution < 1.29 is 17.6 Å². The van der Waals surface area contributed by atoms with E-state index in [2.05, 4.69) is 9.88 Å². The van der Waals surface area contributed by atoms with Crippen LogP contribution in [0, 0.1) is 28.0 Å². The molecule has 3 nitrogen and oxygen atoms in total. The largest absolute Gasteiger partial charge is 0.333 e. The smallest absolute Gasteiger partial charge is 0.177 e. The maximum absolute atomic E-state index is 14.1. The lowest BCUT2D eigenvalue weighted by Gasteiger charge is -2.15. The van der Waals surface area contributed by atoms with E-state index >= 15 is 0 Å². The minimum atomic E-state index is -1.37. The van der Waals surface area contributed by atoms with Crippen molar-refractivity contribution in [2.45, 2.75) is 38.3 Å². The van der Waals surface area contributed by atoms with Crippen molar-refractivity contribution >= 4 is 24.6 Å². The summed E-state index contributed by atoms with van der Waals surface area (Å²) in [5, 5.41) is 0. The van der Waals surface area contributed by atoms with Crippen LogP contribution in [0.3, 0.4) is 0 Å². The third kappa shape index (κ3) is 3.18. The molecule has 1 N–H and O–H groups in total. The Balaban J connectivity index is 0.00000196. The molecule has 2 aliphatic heterocycles. The molecular formula is C17H18ClF4N3S. The lowest BCUT2D eigenvalue weighted by Crippen LogP contribution is -2.19. The van der Waals surface area contributed by atoms with E-state index in [4.69, 9.17) is 12.2 Å². The predicted molar refractivity (Wildman–Crippen MR) is 94.1 cm³/mol. The van der Waals surface area contributed by atoms with Gasteiger partial charge in [0, 0.05) is 36.3 Å². The molecule has 0 amide bonds. The van der Waals surface area contributed by atoms with Gasteiger partial charge in [-0.25, -0.2) is 17.6 Å². The van der Waals surface area contributed by atoms with Crippen LogP contribution in [0.5, 0.6) is 0 Å². The number of rotatable bonds is 3. The molecule has 26 heavy (non-hydrogen) atoms. The number of nitrogens with one attached hydrogen (secondary N) is 1. The molecule has 1 atom stereocenters. The molecule has 2 aliphatic rings. The summed E-state index contributed by atoms with van der Waals surface area (Å²) in [6.07, 6.45) is 2.60. The fraction of sp³-hybridized carbons (Fsp3) is 0.471. The average molecular weight is 408 g/mol. The van der Waals surface area contributed by atoms with Gasteiger partial charge in [-0.1, -0.05) is 0 Å². The zero-order valence-corrected chi connectivity index (χ0v) is 15.5. The van der Waals surface area contributed by atoms with E-state index in [9.17, 15) is 17.6 Å². The second kappa shape index (κ2) is 7.32. The van der Waals surface area contributed by atoms with Crippen molar-refractivity contribution in [1.82, 2.24) is 14.5 Å². The zero-order valence-electron chi connectivity index (χ0n) is 13.8. The number of nitrogens with zero attached hydrogens (tertiary/aromatic N) is 2. The van der Waals surface area contributed by atoms with E-state index in [1.807, 2.05) is 0 Å². The van der Waals surface area contributed by atoms with Crippen LogP contribution < -0.4 is 0 Å². The summed E-state index contributed by atoms with van der Waals surface area (Å²) in [5.41, 5.74) is 1.26. The summed E-state index contributed by atoms with van der Waals surface area (Å²) in [7, 11) is 0. The number of hydrogen-bond donors (Lipinski definition) is 1. The Morgan fingerprint density at radius 2 is 1.69 bits per heavy atom. The topological polar surface area (TPSA) is 24.0 Å². The highest BCUT2D eigenvalue weighted by Gasteiger charge is 2.33. The molecule has 2 aromatic rings. The van der Waals surface area contributed by atoms with Crippen LogP contribution in [-0.2, 0) is 19.5 Å². The van der Waals surface area contributed by atoms with E-state index in [-0.39, 0.29) is 25.0 Å². The monoisotopic (exact) mass is 407 g/mol. The Hall–Kier alpha value is -1.38. The number of aromatic amines is 1. The summed E-state index contributed by atoms with van der Waals surface area (Å²) in [5.74, 6) is -6.04. The first-order valence-electron chi connectivity index (χ1n) is 8.31. The molecule has 1 saturated heterocycles. The Labute approximate surface area is 159 Å². The molecular weight excluding hydrogens is 390 g/mol. The second-order valence-corrected chi connectivity index (χ2v) is 7.12.